The second-order valence-corrected chi connectivity index (χ2v) is 2.82. The fourth-order valence-electron chi connectivity index (χ4n) is 0.634. The summed E-state index contributed by atoms with van der Waals surface area (Å²) in [6.07, 6.45) is -2.57. The molecule has 9 heteroatoms. The second kappa shape index (κ2) is 4.57. The van der Waals surface area contributed by atoms with Gasteiger partial charge in [0.2, 0.25) is 0 Å². The molecule has 0 unspecified atom stereocenters. The lowest BCUT2D eigenvalue weighted by atomic mass is 10.1. The minimum absolute atomic E-state index is 0.538. The average molecular weight is 236 g/mol. The maximum absolute atomic E-state index is 10.6. The number of hydrogen-bond donors (Lipinski definition) is 4. The summed E-state index contributed by atoms with van der Waals surface area (Å²) in [7, 11) is 0. The highest BCUT2D eigenvalue weighted by Gasteiger charge is 2.48. The predicted molar refractivity (Wildman–Crippen MR) is 43.8 cm³/mol. The molecular weight excluding hydrogens is 228 g/mol. The molecule has 0 aromatic heterocycles. The van der Waals surface area contributed by atoms with Gasteiger partial charge < -0.3 is 25.2 Å². The Labute approximate surface area is 87.9 Å². The fourth-order valence-corrected chi connectivity index (χ4v) is 0.634. The quantitative estimate of drug-likeness (QED) is 0.401. The van der Waals surface area contributed by atoms with Crippen LogP contribution in [0.5, 0.6) is 0 Å². The number of ether oxygens (including phenoxy) is 1. The van der Waals surface area contributed by atoms with Gasteiger partial charge in [-0.25, -0.2) is 19.2 Å². The second-order valence-electron chi connectivity index (χ2n) is 2.82. The van der Waals surface area contributed by atoms with Gasteiger partial charge in [0.1, 0.15) is 0 Å². The SMILES string of the molecule is CC(OC(C(=O)O)C(=O)O)(C(=O)O)C(=O)O. The van der Waals surface area contributed by atoms with Gasteiger partial charge in [0.25, 0.3) is 11.7 Å². The Balaban J connectivity index is 5.16. The van der Waals surface area contributed by atoms with E-state index in [9.17, 15) is 19.2 Å². The van der Waals surface area contributed by atoms with Gasteiger partial charge in [0, 0.05) is 0 Å². The van der Waals surface area contributed by atoms with Crippen LogP contribution in [0.15, 0.2) is 0 Å². The Bertz CT molecular complexity index is 316. The lowest BCUT2D eigenvalue weighted by molar-refractivity contribution is -0.196. The molecule has 0 aliphatic heterocycles. The van der Waals surface area contributed by atoms with Gasteiger partial charge in [-0.15, -0.1) is 0 Å². The van der Waals surface area contributed by atoms with Gasteiger partial charge in [-0.2, -0.15) is 0 Å². The van der Waals surface area contributed by atoms with Crippen LogP contribution in [0.2, 0.25) is 0 Å². The van der Waals surface area contributed by atoms with Crippen molar-refractivity contribution in [1.82, 2.24) is 0 Å². The summed E-state index contributed by atoms with van der Waals surface area (Å²) in [5.74, 6) is -8.01. The van der Waals surface area contributed by atoms with E-state index in [1.54, 1.807) is 0 Å². The van der Waals surface area contributed by atoms with Crippen LogP contribution >= 0.6 is 0 Å². The molecule has 0 saturated heterocycles. The van der Waals surface area contributed by atoms with Crippen LogP contribution in [0, 0.1) is 0 Å². The molecule has 16 heavy (non-hydrogen) atoms. The molecule has 0 aliphatic carbocycles. The van der Waals surface area contributed by atoms with Crippen molar-refractivity contribution in [3.63, 3.8) is 0 Å². The van der Waals surface area contributed by atoms with Crippen molar-refractivity contribution in [2.45, 2.75) is 18.6 Å². The molecule has 0 rings (SSSR count). The number of carbonyl (C=O) groups is 4. The van der Waals surface area contributed by atoms with Crippen molar-refractivity contribution in [1.29, 1.82) is 0 Å². The Morgan fingerprint density at radius 3 is 1.44 bits per heavy atom. The highest BCUT2D eigenvalue weighted by atomic mass is 16.6. The lowest BCUT2D eigenvalue weighted by Crippen LogP contribution is -2.52. The van der Waals surface area contributed by atoms with Crippen molar-refractivity contribution in [3.05, 3.63) is 0 Å². The lowest BCUT2D eigenvalue weighted by Gasteiger charge is -2.22. The maximum Gasteiger partial charge on any atom is 0.347 e. The first-order chi connectivity index (χ1) is 7.12. The third kappa shape index (κ3) is 2.67. The third-order valence-electron chi connectivity index (χ3n) is 1.62. The summed E-state index contributed by atoms with van der Waals surface area (Å²) in [4.78, 5) is 41.8. The molecule has 0 aromatic rings. The van der Waals surface area contributed by atoms with E-state index in [2.05, 4.69) is 4.74 Å². The van der Waals surface area contributed by atoms with E-state index in [0.29, 0.717) is 6.92 Å². The van der Waals surface area contributed by atoms with E-state index in [1.807, 2.05) is 0 Å². The first-order valence-corrected chi connectivity index (χ1v) is 3.73. The number of rotatable bonds is 6. The van der Waals surface area contributed by atoms with Crippen molar-refractivity contribution in [3.8, 4) is 0 Å². The topological polar surface area (TPSA) is 158 Å². The average Bonchev–Trinajstić information content (AvgIpc) is 2.11. The van der Waals surface area contributed by atoms with Crippen molar-refractivity contribution in [2.24, 2.45) is 0 Å². The van der Waals surface area contributed by atoms with Crippen LogP contribution in [-0.2, 0) is 23.9 Å². The Morgan fingerprint density at radius 2 is 1.25 bits per heavy atom. The molecule has 0 amide bonds. The van der Waals surface area contributed by atoms with E-state index < -0.39 is 35.6 Å². The molecule has 0 aromatic carbocycles. The van der Waals surface area contributed by atoms with Gasteiger partial charge in [-0.1, -0.05) is 0 Å². The third-order valence-corrected chi connectivity index (χ3v) is 1.62. The Hall–Kier alpha value is -2.16. The minimum atomic E-state index is -2.94. The van der Waals surface area contributed by atoms with Gasteiger partial charge in [-0.05, 0) is 6.92 Å². The first kappa shape index (κ1) is 13.8. The monoisotopic (exact) mass is 236 g/mol. The standard InChI is InChI=1S/C7H8O9/c1-7(5(12)13,6(14)15)16-2(3(8)9)4(10)11/h2H,1H3,(H,8,9)(H,10,11)(H,12,13)(H,14,15). The van der Waals surface area contributed by atoms with Crippen LogP contribution in [0.4, 0.5) is 0 Å². The number of aliphatic carboxylic acids is 4. The van der Waals surface area contributed by atoms with E-state index in [0.717, 1.165) is 0 Å². The minimum Gasteiger partial charge on any atom is -0.479 e. The zero-order valence-corrected chi connectivity index (χ0v) is 7.91. The molecule has 9 nitrogen and oxygen atoms in total. The van der Waals surface area contributed by atoms with Crippen LogP contribution < -0.4 is 0 Å². The summed E-state index contributed by atoms with van der Waals surface area (Å²) in [5.41, 5.74) is -2.94. The molecule has 0 heterocycles. The highest BCUT2D eigenvalue weighted by molar-refractivity contribution is 6.03. The molecule has 0 atom stereocenters. The molecule has 0 fully saturated rings. The summed E-state index contributed by atoms with van der Waals surface area (Å²) in [5, 5.41) is 33.8. The van der Waals surface area contributed by atoms with Gasteiger partial charge >= 0.3 is 23.9 Å². The predicted octanol–water partition coefficient (Wildman–Crippen LogP) is -1.53. The smallest absolute Gasteiger partial charge is 0.347 e. The largest absolute Gasteiger partial charge is 0.479 e. The van der Waals surface area contributed by atoms with E-state index in [1.165, 1.54) is 0 Å². The summed E-state index contributed by atoms with van der Waals surface area (Å²) in [6, 6.07) is 0. The van der Waals surface area contributed by atoms with Crippen LogP contribution in [0.1, 0.15) is 6.92 Å². The molecular formula is C7H8O9. The zero-order valence-electron chi connectivity index (χ0n) is 7.91. The van der Waals surface area contributed by atoms with Gasteiger partial charge in [-0.3, -0.25) is 0 Å². The van der Waals surface area contributed by atoms with E-state index in [-0.39, 0.29) is 0 Å². The molecule has 0 radical (unpaired) electrons. The van der Waals surface area contributed by atoms with Crippen LogP contribution in [-0.4, -0.2) is 56.0 Å². The number of carboxylic acids is 4. The van der Waals surface area contributed by atoms with Crippen molar-refractivity contribution in [2.75, 3.05) is 0 Å². The van der Waals surface area contributed by atoms with Crippen LogP contribution in [0.25, 0.3) is 0 Å². The summed E-state index contributed by atoms with van der Waals surface area (Å²) < 4.78 is 4.09. The molecule has 90 valence electrons. The van der Waals surface area contributed by atoms with E-state index in [4.69, 9.17) is 20.4 Å². The number of hydrogen-bond acceptors (Lipinski definition) is 5. The van der Waals surface area contributed by atoms with Crippen LogP contribution in [0.3, 0.4) is 0 Å². The Kier molecular flexibility index (Phi) is 3.96. The zero-order chi connectivity index (χ0) is 13.1. The molecule has 0 bridgehead atoms. The highest BCUT2D eigenvalue weighted by Crippen LogP contribution is 2.14. The summed E-state index contributed by atoms with van der Waals surface area (Å²) in [6.45, 7) is 0.538. The summed E-state index contributed by atoms with van der Waals surface area (Å²) >= 11 is 0. The molecule has 0 saturated carbocycles. The number of carboxylic acid groups (broad SMARTS) is 4. The first-order valence-electron chi connectivity index (χ1n) is 3.73. The fraction of sp³-hybridized carbons (Fsp3) is 0.429. The Morgan fingerprint density at radius 1 is 0.938 bits per heavy atom. The van der Waals surface area contributed by atoms with Crippen molar-refractivity contribution < 1.29 is 44.3 Å². The molecule has 0 spiro atoms. The van der Waals surface area contributed by atoms with E-state index >= 15 is 0 Å². The normalized spacial score (nSPS) is 11.1. The van der Waals surface area contributed by atoms with Gasteiger partial charge in [0.15, 0.2) is 0 Å². The van der Waals surface area contributed by atoms with Crippen molar-refractivity contribution >= 4 is 23.9 Å². The molecule has 0 aliphatic rings. The van der Waals surface area contributed by atoms with Gasteiger partial charge in [0.05, 0.1) is 0 Å². The molecule has 4 N–H and O–H groups in total. The maximum atomic E-state index is 10.6.